The predicted octanol–water partition coefficient (Wildman–Crippen LogP) is 4.76. The molecule has 102 valence electrons. The van der Waals surface area contributed by atoms with Gasteiger partial charge in [-0.2, -0.15) is 0 Å². The molecule has 0 saturated carbocycles. The molecule has 4 aromatic rings. The first-order chi connectivity index (χ1) is 10.3. The van der Waals surface area contributed by atoms with Gasteiger partial charge in [-0.1, -0.05) is 48.5 Å². The van der Waals surface area contributed by atoms with Crippen LogP contribution in [0.2, 0.25) is 0 Å². The predicted molar refractivity (Wildman–Crippen MR) is 89.5 cm³/mol. The second-order valence-electron chi connectivity index (χ2n) is 5.15. The Balaban J connectivity index is 2.13. The van der Waals surface area contributed by atoms with Crippen LogP contribution in [0.25, 0.3) is 32.3 Å². The maximum atomic E-state index is 11.6. The Hall–Kier alpha value is -2.32. The number of carbonyl (C=O) groups is 1. The molecule has 0 fully saturated rings. The Morgan fingerprint density at radius 3 is 2.19 bits per heavy atom. The van der Waals surface area contributed by atoms with Gasteiger partial charge in [-0.05, 0) is 33.0 Å². The summed E-state index contributed by atoms with van der Waals surface area (Å²) in [5.41, 5.74) is 0.811. The molecule has 0 saturated heterocycles. The van der Waals surface area contributed by atoms with Crippen molar-refractivity contribution >= 4 is 55.5 Å². The van der Waals surface area contributed by atoms with Gasteiger partial charge in [0.2, 0.25) is 5.91 Å². The zero-order valence-electron chi connectivity index (χ0n) is 11.2. The molecule has 21 heavy (non-hydrogen) atoms. The topological polar surface area (TPSA) is 29.1 Å². The molecule has 0 heterocycles. The minimum Gasteiger partial charge on any atom is -0.324 e. The average Bonchev–Trinajstić information content (AvgIpc) is 2.53. The zero-order valence-corrected chi connectivity index (χ0v) is 11.9. The Kier molecular flexibility index (Phi) is 2.72. The van der Waals surface area contributed by atoms with E-state index in [1.54, 1.807) is 0 Å². The quantitative estimate of drug-likeness (QED) is 0.419. The van der Waals surface area contributed by atoms with Crippen LogP contribution in [0, 0.1) is 0 Å². The summed E-state index contributed by atoms with van der Waals surface area (Å²) in [5.74, 6) is -0.228. The average molecular weight is 294 g/mol. The highest BCUT2D eigenvalue weighted by Gasteiger charge is 2.11. The van der Waals surface area contributed by atoms with Gasteiger partial charge < -0.3 is 5.32 Å². The van der Waals surface area contributed by atoms with E-state index in [1.165, 1.54) is 26.9 Å². The Labute approximate surface area is 126 Å². The maximum absolute atomic E-state index is 11.6. The lowest BCUT2D eigenvalue weighted by molar-refractivity contribution is -0.113. The van der Waals surface area contributed by atoms with Gasteiger partial charge in [-0.25, -0.2) is 0 Å². The number of anilines is 1. The first-order valence-electron chi connectivity index (χ1n) is 6.80. The number of halogens is 1. The van der Waals surface area contributed by atoms with Gasteiger partial charge in [-0.3, -0.25) is 4.79 Å². The van der Waals surface area contributed by atoms with Crippen LogP contribution in [0.1, 0.15) is 0 Å². The van der Waals surface area contributed by atoms with Crippen molar-refractivity contribution in [2.24, 2.45) is 0 Å². The van der Waals surface area contributed by atoms with Crippen LogP contribution in [-0.2, 0) is 4.79 Å². The molecule has 0 atom stereocenters. The van der Waals surface area contributed by atoms with Crippen molar-refractivity contribution in [1.82, 2.24) is 0 Å². The lowest BCUT2D eigenvalue weighted by Gasteiger charge is -2.14. The van der Waals surface area contributed by atoms with Gasteiger partial charge >= 0.3 is 0 Å². The monoisotopic (exact) mass is 293 g/mol. The second-order valence-corrected chi connectivity index (χ2v) is 5.42. The molecular weight excluding hydrogens is 282 g/mol. The number of carbonyl (C=O) groups excluding carboxylic acids is 1. The summed E-state index contributed by atoms with van der Waals surface area (Å²) >= 11 is 5.59. The van der Waals surface area contributed by atoms with Crippen molar-refractivity contribution in [3.63, 3.8) is 0 Å². The van der Waals surface area contributed by atoms with Crippen molar-refractivity contribution in [2.75, 3.05) is 11.2 Å². The van der Waals surface area contributed by atoms with Crippen molar-refractivity contribution in [3.8, 4) is 0 Å². The molecule has 0 aliphatic carbocycles. The highest BCUT2D eigenvalue weighted by Crippen LogP contribution is 2.37. The molecular formula is C18H12ClNO. The molecule has 1 N–H and O–H groups in total. The number of nitrogens with one attached hydrogen (secondary N) is 1. The Morgan fingerprint density at radius 2 is 1.48 bits per heavy atom. The molecule has 4 rings (SSSR count). The van der Waals surface area contributed by atoms with E-state index in [0.717, 1.165) is 11.1 Å². The first-order valence-corrected chi connectivity index (χ1v) is 7.34. The minimum absolute atomic E-state index is 0.0397. The number of rotatable bonds is 2. The van der Waals surface area contributed by atoms with E-state index in [9.17, 15) is 4.79 Å². The van der Waals surface area contributed by atoms with Crippen LogP contribution < -0.4 is 5.32 Å². The summed E-state index contributed by atoms with van der Waals surface area (Å²) in [6.07, 6.45) is 0. The molecule has 1 amide bonds. The molecule has 0 bridgehead atoms. The summed E-state index contributed by atoms with van der Waals surface area (Å²) in [6, 6.07) is 18.7. The number of hydrogen-bond acceptors (Lipinski definition) is 1. The van der Waals surface area contributed by atoms with Crippen molar-refractivity contribution in [3.05, 3.63) is 54.6 Å². The van der Waals surface area contributed by atoms with Crippen LogP contribution in [0.4, 0.5) is 5.69 Å². The fraction of sp³-hybridized carbons (Fsp3) is 0.0556. The third-order valence-corrected chi connectivity index (χ3v) is 4.17. The lowest BCUT2D eigenvalue weighted by atomic mass is 9.93. The lowest BCUT2D eigenvalue weighted by Crippen LogP contribution is -2.12. The van der Waals surface area contributed by atoms with Crippen molar-refractivity contribution < 1.29 is 4.79 Å². The van der Waals surface area contributed by atoms with E-state index in [4.69, 9.17) is 11.6 Å². The van der Waals surface area contributed by atoms with Crippen LogP contribution in [0.5, 0.6) is 0 Å². The number of amides is 1. The fourth-order valence-corrected chi connectivity index (χ4v) is 3.09. The second kappa shape index (κ2) is 4.61. The fourth-order valence-electron chi connectivity index (χ4n) is 3.03. The normalized spacial score (nSPS) is 11.5. The molecule has 0 aromatic heterocycles. The molecule has 0 aliphatic heterocycles. The Bertz CT molecular complexity index is 961. The molecule has 3 heteroatoms. The van der Waals surface area contributed by atoms with Gasteiger partial charge in [0.25, 0.3) is 0 Å². The summed E-state index contributed by atoms with van der Waals surface area (Å²) in [6.45, 7) is 0. The van der Waals surface area contributed by atoms with Gasteiger partial charge in [0.15, 0.2) is 0 Å². The van der Waals surface area contributed by atoms with Crippen LogP contribution in [0.3, 0.4) is 0 Å². The third-order valence-electron chi connectivity index (χ3n) is 3.92. The van der Waals surface area contributed by atoms with E-state index in [2.05, 4.69) is 47.8 Å². The highest BCUT2D eigenvalue weighted by molar-refractivity contribution is 6.30. The number of hydrogen-bond donors (Lipinski definition) is 1. The van der Waals surface area contributed by atoms with Gasteiger partial charge in [0.05, 0.1) is 0 Å². The van der Waals surface area contributed by atoms with Crippen molar-refractivity contribution in [2.45, 2.75) is 0 Å². The van der Waals surface area contributed by atoms with Gasteiger partial charge in [0.1, 0.15) is 5.88 Å². The molecule has 0 spiro atoms. The first kappa shape index (κ1) is 12.4. The summed E-state index contributed by atoms with van der Waals surface area (Å²) < 4.78 is 0. The summed E-state index contributed by atoms with van der Waals surface area (Å²) in [5, 5.41) is 9.97. The van der Waals surface area contributed by atoms with Crippen LogP contribution >= 0.6 is 11.6 Å². The number of benzene rings is 4. The van der Waals surface area contributed by atoms with E-state index in [0.29, 0.717) is 0 Å². The van der Waals surface area contributed by atoms with E-state index < -0.39 is 0 Å². The number of alkyl halides is 1. The Morgan fingerprint density at radius 1 is 0.857 bits per heavy atom. The van der Waals surface area contributed by atoms with E-state index in [1.807, 2.05) is 12.1 Å². The zero-order chi connectivity index (χ0) is 14.4. The molecule has 0 aliphatic rings. The SMILES string of the molecule is O=C(CCl)Nc1ccc2ccc3cccc4ccc1c2c34. The third kappa shape index (κ3) is 1.83. The van der Waals surface area contributed by atoms with Crippen LogP contribution in [0.15, 0.2) is 54.6 Å². The van der Waals surface area contributed by atoms with E-state index >= 15 is 0 Å². The molecule has 2 nitrogen and oxygen atoms in total. The van der Waals surface area contributed by atoms with Crippen molar-refractivity contribution in [1.29, 1.82) is 0 Å². The highest BCUT2D eigenvalue weighted by atomic mass is 35.5. The largest absolute Gasteiger partial charge is 0.324 e. The smallest absolute Gasteiger partial charge is 0.239 e. The van der Waals surface area contributed by atoms with E-state index in [-0.39, 0.29) is 11.8 Å². The van der Waals surface area contributed by atoms with Crippen LogP contribution in [-0.4, -0.2) is 11.8 Å². The molecule has 0 unspecified atom stereocenters. The summed E-state index contributed by atoms with van der Waals surface area (Å²) in [7, 11) is 0. The molecule has 0 radical (unpaired) electrons. The summed E-state index contributed by atoms with van der Waals surface area (Å²) in [4.78, 5) is 11.6. The van der Waals surface area contributed by atoms with Gasteiger partial charge in [-0.15, -0.1) is 11.6 Å². The van der Waals surface area contributed by atoms with Gasteiger partial charge in [0, 0.05) is 11.1 Å². The molecule has 4 aromatic carbocycles. The minimum atomic E-state index is -0.188. The standard InChI is InChI=1S/C18H12ClNO/c19-10-16(21)20-15-9-7-13-5-4-11-2-1-3-12-6-8-14(15)18(13)17(11)12/h1-9H,10H2,(H,20,21). The maximum Gasteiger partial charge on any atom is 0.239 e.